The number of thiazole rings is 1. The van der Waals surface area contributed by atoms with Gasteiger partial charge in [0.2, 0.25) is 0 Å². The molecule has 0 bridgehead atoms. The molecule has 0 saturated carbocycles. The van der Waals surface area contributed by atoms with Crippen molar-refractivity contribution in [2.45, 2.75) is 11.3 Å². The number of aryl methyl sites for hydroxylation is 1. The van der Waals surface area contributed by atoms with Crippen LogP contribution in [0.4, 0.5) is 5.69 Å². The van der Waals surface area contributed by atoms with Crippen molar-refractivity contribution in [3.8, 4) is 6.07 Å². The molecule has 3 aromatic rings. The Labute approximate surface area is 164 Å². The summed E-state index contributed by atoms with van der Waals surface area (Å²) in [4.78, 5) is 22.0. The van der Waals surface area contributed by atoms with Crippen LogP contribution in [0, 0.1) is 18.3 Å². The zero-order valence-electron chi connectivity index (χ0n) is 14.7. The minimum Gasteiger partial charge on any atom is -0.358 e. The highest BCUT2D eigenvalue weighted by molar-refractivity contribution is 8.02. The Kier molecular flexibility index (Phi) is 5.03. The number of piperazine rings is 1. The molecule has 9 heteroatoms. The average Bonchev–Trinajstić information content (AvgIpc) is 3.35. The third-order valence-corrected chi connectivity index (χ3v) is 6.28. The number of amides is 1. The SMILES string of the molecule is Cc1ccc(NSc2nc(C(=O)N3CCNCC3)cs2)c2[nH]cc(C#N)c12. The van der Waals surface area contributed by atoms with Gasteiger partial charge in [-0.25, -0.2) is 4.98 Å². The van der Waals surface area contributed by atoms with Gasteiger partial charge in [-0.15, -0.1) is 11.3 Å². The molecule has 0 unspecified atom stereocenters. The molecule has 0 spiro atoms. The van der Waals surface area contributed by atoms with E-state index in [0.717, 1.165) is 39.6 Å². The Morgan fingerprint density at radius 1 is 1.41 bits per heavy atom. The topological polar surface area (TPSA) is 96.8 Å². The molecule has 1 aliphatic heterocycles. The average molecular weight is 399 g/mol. The summed E-state index contributed by atoms with van der Waals surface area (Å²) in [6.07, 6.45) is 1.72. The molecular formula is C18H18N6OS2. The van der Waals surface area contributed by atoms with E-state index in [9.17, 15) is 10.1 Å². The van der Waals surface area contributed by atoms with Gasteiger partial charge in [-0.2, -0.15) is 5.26 Å². The number of carbonyl (C=O) groups excluding carboxylic acids is 1. The normalized spacial score (nSPS) is 14.3. The maximum atomic E-state index is 12.5. The largest absolute Gasteiger partial charge is 0.358 e. The van der Waals surface area contributed by atoms with Crippen molar-refractivity contribution in [3.05, 3.63) is 40.5 Å². The van der Waals surface area contributed by atoms with Crippen LogP contribution in [0.3, 0.4) is 0 Å². The van der Waals surface area contributed by atoms with Crippen LogP contribution in [0.2, 0.25) is 0 Å². The molecule has 0 radical (unpaired) electrons. The fourth-order valence-electron chi connectivity index (χ4n) is 3.12. The van der Waals surface area contributed by atoms with Gasteiger partial charge in [0.05, 0.1) is 16.8 Å². The van der Waals surface area contributed by atoms with Gasteiger partial charge in [0.1, 0.15) is 11.8 Å². The number of H-pyrrole nitrogens is 1. The summed E-state index contributed by atoms with van der Waals surface area (Å²) in [5, 5.41) is 15.2. The number of anilines is 1. The molecule has 3 heterocycles. The number of fused-ring (bicyclic) bond motifs is 1. The van der Waals surface area contributed by atoms with Crippen molar-refractivity contribution >= 4 is 45.8 Å². The summed E-state index contributed by atoms with van der Waals surface area (Å²) in [6.45, 7) is 5.06. The molecular weight excluding hydrogens is 380 g/mol. The van der Waals surface area contributed by atoms with Crippen molar-refractivity contribution in [1.29, 1.82) is 5.26 Å². The fourth-order valence-corrected chi connectivity index (χ4v) is 4.61. The number of aromatic nitrogens is 2. The van der Waals surface area contributed by atoms with Crippen LogP contribution in [-0.4, -0.2) is 47.0 Å². The first kappa shape index (κ1) is 17.9. The first-order valence-electron chi connectivity index (χ1n) is 8.56. The van der Waals surface area contributed by atoms with Gasteiger partial charge in [0, 0.05) is 55.1 Å². The van der Waals surface area contributed by atoms with Gasteiger partial charge in [-0.1, -0.05) is 6.07 Å². The minimum atomic E-state index is -0.0136. The second kappa shape index (κ2) is 7.60. The number of rotatable bonds is 4. The predicted octanol–water partition coefficient (Wildman–Crippen LogP) is 2.97. The van der Waals surface area contributed by atoms with Crippen molar-refractivity contribution in [2.75, 3.05) is 30.9 Å². The van der Waals surface area contributed by atoms with Crippen LogP contribution in [0.25, 0.3) is 10.9 Å². The smallest absolute Gasteiger partial charge is 0.273 e. The molecule has 1 amide bonds. The Morgan fingerprint density at radius 3 is 3.00 bits per heavy atom. The highest BCUT2D eigenvalue weighted by atomic mass is 32.2. The third-order valence-electron chi connectivity index (χ3n) is 4.52. The molecule has 4 rings (SSSR count). The van der Waals surface area contributed by atoms with E-state index in [-0.39, 0.29) is 5.91 Å². The highest BCUT2D eigenvalue weighted by Crippen LogP contribution is 2.32. The maximum Gasteiger partial charge on any atom is 0.273 e. The number of carbonyl (C=O) groups is 1. The van der Waals surface area contributed by atoms with E-state index in [1.807, 2.05) is 29.3 Å². The predicted molar refractivity (Wildman–Crippen MR) is 108 cm³/mol. The zero-order chi connectivity index (χ0) is 18.8. The van der Waals surface area contributed by atoms with Crippen molar-refractivity contribution in [1.82, 2.24) is 20.2 Å². The molecule has 1 aromatic carbocycles. The molecule has 1 fully saturated rings. The van der Waals surface area contributed by atoms with E-state index in [0.29, 0.717) is 24.3 Å². The van der Waals surface area contributed by atoms with E-state index in [1.165, 1.54) is 23.3 Å². The zero-order valence-corrected chi connectivity index (χ0v) is 16.3. The highest BCUT2D eigenvalue weighted by Gasteiger charge is 2.20. The summed E-state index contributed by atoms with van der Waals surface area (Å²) < 4.78 is 4.06. The molecule has 3 N–H and O–H groups in total. The number of nitriles is 1. The summed E-state index contributed by atoms with van der Waals surface area (Å²) in [6, 6.07) is 6.18. The van der Waals surface area contributed by atoms with E-state index in [1.54, 1.807) is 6.20 Å². The molecule has 0 atom stereocenters. The summed E-state index contributed by atoms with van der Waals surface area (Å²) in [5.74, 6) is -0.0136. The van der Waals surface area contributed by atoms with Gasteiger partial charge >= 0.3 is 0 Å². The lowest BCUT2D eigenvalue weighted by Gasteiger charge is -2.26. The number of benzene rings is 1. The Hall–Kier alpha value is -2.54. The fraction of sp³-hybridized carbons (Fsp3) is 0.278. The maximum absolute atomic E-state index is 12.5. The number of hydrogen-bond donors (Lipinski definition) is 3. The second-order valence-electron chi connectivity index (χ2n) is 6.24. The summed E-state index contributed by atoms with van der Waals surface area (Å²) in [5.41, 5.74) is 3.96. The molecule has 1 aliphatic rings. The molecule has 1 saturated heterocycles. The first-order chi connectivity index (χ1) is 13.2. The third kappa shape index (κ3) is 3.51. The monoisotopic (exact) mass is 398 g/mol. The van der Waals surface area contributed by atoms with Gasteiger partial charge in [-0.3, -0.25) is 4.79 Å². The van der Waals surface area contributed by atoms with Gasteiger partial charge in [-0.05, 0) is 18.6 Å². The molecule has 27 heavy (non-hydrogen) atoms. The lowest BCUT2D eigenvalue weighted by molar-refractivity contribution is 0.0730. The van der Waals surface area contributed by atoms with Crippen LogP contribution >= 0.6 is 23.3 Å². The van der Waals surface area contributed by atoms with Crippen LogP contribution < -0.4 is 10.0 Å². The Morgan fingerprint density at radius 2 is 2.22 bits per heavy atom. The standard InChI is InChI=1S/C18H18N6OS2/c1-11-2-3-13(16-15(11)12(8-19)9-21-16)23-27-18-22-14(10-26-18)17(25)24-6-4-20-5-7-24/h2-3,9-10,20-21,23H,4-7H2,1H3. The van der Waals surface area contributed by atoms with Crippen LogP contribution in [0.15, 0.2) is 28.0 Å². The van der Waals surface area contributed by atoms with E-state index >= 15 is 0 Å². The van der Waals surface area contributed by atoms with Gasteiger partial charge in [0.15, 0.2) is 4.34 Å². The number of hydrogen-bond acceptors (Lipinski definition) is 7. The quantitative estimate of drug-likeness (QED) is 0.585. The van der Waals surface area contributed by atoms with E-state index in [4.69, 9.17) is 0 Å². The lowest BCUT2D eigenvalue weighted by atomic mass is 10.1. The van der Waals surface area contributed by atoms with Crippen LogP contribution in [0.5, 0.6) is 0 Å². The van der Waals surface area contributed by atoms with Crippen LogP contribution in [0.1, 0.15) is 21.6 Å². The van der Waals surface area contributed by atoms with Gasteiger partial charge in [0.25, 0.3) is 5.91 Å². The second-order valence-corrected chi connectivity index (χ2v) is 8.15. The number of nitrogens with one attached hydrogen (secondary N) is 3. The van der Waals surface area contributed by atoms with E-state index < -0.39 is 0 Å². The number of nitrogens with zero attached hydrogens (tertiary/aromatic N) is 3. The van der Waals surface area contributed by atoms with Gasteiger partial charge < -0.3 is 19.9 Å². The molecule has 2 aromatic heterocycles. The van der Waals surface area contributed by atoms with Crippen molar-refractivity contribution in [2.24, 2.45) is 0 Å². The molecule has 0 aliphatic carbocycles. The number of aromatic amines is 1. The molecule has 7 nitrogen and oxygen atoms in total. The lowest BCUT2D eigenvalue weighted by Crippen LogP contribution is -2.46. The first-order valence-corrected chi connectivity index (χ1v) is 10.3. The Balaban J connectivity index is 1.48. The Bertz CT molecular complexity index is 1030. The van der Waals surface area contributed by atoms with E-state index in [2.05, 4.69) is 26.1 Å². The summed E-state index contributed by atoms with van der Waals surface area (Å²) >= 11 is 2.81. The van der Waals surface area contributed by atoms with Crippen LogP contribution in [-0.2, 0) is 0 Å². The summed E-state index contributed by atoms with van der Waals surface area (Å²) in [7, 11) is 0. The molecule has 138 valence electrons. The van der Waals surface area contributed by atoms with Crippen molar-refractivity contribution < 1.29 is 4.79 Å². The van der Waals surface area contributed by atoms with Crippen molar-refractivity contribution in [3.63, 3.8) is 0 Å². The minimum absolute atomic E-state index is 0.0136.